The molecule has 0 bridgehead atoms. The number of methoxy groups -OCH3 is 1. The van der Waals surface area contributed by atoms with Gasteiger partial charge >= 0.3 is 0 Å². The van der Waals surface area contributed by atoms with Crippen LogP contribution in [0.1, 0.15) is 43.3 Å². The topological polar surface area (TPSA) is 61.8 Å². The van der Waals surface area contributed by atoms with Crippen LogP contribution in [0.3, 0.4) is 0 Å². The molecule has 1 aromatic rings. The van der Waals surface area contributed by atoms with Gasteiger partial charge in [-0.05, 0) is 37.8 Å². The van der Waals surface area contributed by atoms with Gasteiger partial charge in [-0.3, -0.25) is 4.99 Å². The third-order valence-corrected chi connectivity index (χ3v) is 5.54. The molecule has 1 saturated heterocycles. The zero-order valence-electron chi connectivity index (χ0n) is 16.0. The molecule has 2 heterocycles. The highest BCUT2D eigenvalue weighted by molar-refractivity contribution is 7.09. The first kappa shape index (κ1) is 20.1. The molecular formula is C18H33N5OS. The van der Waals surface area contributed by atoms with Gasteiger partial charge < -0.3 is 20.3 Å². The number of hydrogen-bond donors (Lipinski definition) is 2. The number of ether oxygens (including phenoxy) is 1. The number of nitrogens with one attached hydrogen (secondary N) is 2. The second-order valence-electron chi connectivity index (χ2n) is 6.91. The summed E-state index contributed by atoms with van der Waals surface area (Å²) in [5.74, 6) is 2.06. The standard InChI is InChI=1S/C18H33N5OS/c1-14(2)16-13-25-17(22-16)12-21-18(19-3)20-11-15-5-7-23(8-6-15)9-10-24-4/h13-15H,5-12H2,1-4H3,(H2,19,20,21). The Bertz CT molecular complexity index is 523. The molecule has 0 atom stereocenters. The van der Waals surface area contributed by atoms with Gasteiger partial charge in [0.25, 0.3) is 0 Å². The Hall–Kier alpha value is -1.18. The van der Waals surface area contributed by atoms with E-state index in [0.717, 1.165) is 37.2 Å². The summed E-state index contributed by atoms with van der Waals surface area (Å²) in [6.45, 7) is 10.3. The van der Waals surface area contributed by atoms with Gasteiger partial charge in [0.1, 0.15) is 5.01 Å². The molecule has 1 fully saturated rings. The zero-order valence-corrected chi connectivity index (χ0v) is 16.9. The summed E-state index contributed by atoms with van der Waals surface area (Å²) < 4.78 is 5.16. The van der Waals surface area contributed by atoms with Crippen molar-refractivity contribution in [2.75, 3.05) is 46.9 Å². The maximum atomic E-state index is 5.16. The van der Waals surface area contributed by atoms with Crippen LogP contribution < -0.4 is 10.6 Å². The fourth-order valence-electron chi connectivity index (χ4n) is 2.93. The van der Waals surface area contributed by atoms with Crippen LogP contribution in [0.4, 0.5) is 0 Å². The number of guanidine groups is 1. The van der Waals surface area contributed by atoms with Crippen molar-refractivity contribution in [2.24, 2.45) is 10.9 Å². The number of nitrogens with zero attached hydrogens (tertiary/aromatic N) is 3. The van der Waals surface area contributed by atoms with E-state index in [9.17, 15) is 0 Å². The summed E-state index contributed by atoms with van der Waals surface area (Å²) in [5.41, 5.74) is 1.17. The molecule has 0 amide bonds. The van der Waals surface area contributed by atoms with E-state index in [1.54, 1.807) is 18.4 Å². The number of hydrogen-bond acceptors (Lipinski definition) is 5. The molecule has 0 saturated carbocycles. The number of aliphatic imine (C=N–C) groups is 1. The highest BCUT2D eigenvalue weighted by Gasteiger charge is 2.19. The lowest BCUT2D eigenvalue weighted by atomic mass is 9.97. The Morgan fingerprint density at radius 2 is 2.16 bits per heavy atom. The number of aromatic nitrogens is 1. The van der Waals surface area contributed by atoms with E-state index >= 15 is 0 Å². The lowest BCUT2D eigenvalue weighted by molar-refractivity contribution is 0.121. The summed E-state index contributed by atoms with van der Waals surface area (Å²) in [6.07, 6.45) is 2.47. The zero-order chi connectivity index (χ0) is 18.1. The molecule has 0 aromatic carbocycles. The maximum absolute atomic E-state index is 5.16. The van der Waals surface area contributed by atoms with Crippen LogP contribution in [0.5, 0.6) is 0 Å². The Balaban J connectivity index is 1.67. The van der Waals surface area contributed by atoms with Gasteiger partial charge in [-0.25, -0.2) is 4.98 Å². The first-order valence-electron chi connectivity index (χ1n) is 9.22. The van der Waals surface area contributed by atoms with Gasteiger partial charge in [-0.2, -0.15) is 0 Å². The predicted molar refractivity (Wildman–Crippen MR) is 105 cm³/mol. The van der Waals surface area contributed by atoms with Crippen LogP contribution in [-0.4, -0.2) is 62.8 Å². The maximum Gasteiger partial charge on any atom is 0.191 e. The highest BCUT2D eigenvalue weighted by atomic mass is 32.1. The Morgan fingerprint density at radius 3 is 2.76 bits per heavy atom. The van der Waals surface area contributed by atoms with E-state index in [0.29, 0.717) is 11.8 Å². The highest BCUT2D eigenvalue weighted by Crippen LogP contribution is 2.18. The number of rotatable bonds is 8. The normalized spacial score (nSPS) is 17.2. The van der Waals surface area contributed by atoms with Crippen LogP contribution in [0, 0.1) is 5.92 Å². The molecule has 0 radical (unpaired) electrons. The van der Waals surface area contributed by atoms with Gasteiger partial charge in [-0.15, -0.1) is 11.3 Å². The number of thiazole rings is 1. The Kier molecular flexibility index (Phi) is 8.64. The molecule has 1 aliphatic rings. The fraction of sp³-hybridized carbons (Fsp3) is 0.778. The van der Waals surface area contributed by atoms with Crippen molar-refractivity contribution in [1.29, 1.82) is 0 Å². The summed E-state index contributed by atoms with van der Waals surface area (Å²) >= 11 is 1.71. The van der Waals surface area contributed by atoms with Crippen molar-refractivity contribution in [2.45, 2.75) is 39.2 Å². The van der Waals surface area contributed by atoms with Crippen LogP contribution in [-0.2, 0) is 11.3 Å². The van der Waals surface area contributed by atoms with Gasteiger partial charge in [0, 0.05) is 32.6 Å². The van der Waals surface area contributed by atoms with E-state index in [1.165, 1.54) is 31.6 Å². The lowest BCUT2D eigenvalue weighted by Gasteiger charge is -2.32. The van der Waals surface area contributed by atoms with Crippen molar-refractivity contribution in [1.82, 2.24) is 20.5 Å². The van der Waals surface area contributed by atoms with Gasteiger partial charge in [0.15, 0.2) is 5.96 Å². The second-order valence-corrected chi connectivity index (χ2v) is 7.85. The van der Waals surface area contributed by atoms with Crippen LogP contribution >= 0.6 is 11.3 Å². The van der Waals surface area contributed by atoms with Crippen molar-refractivity contribution < 1.29 is 4.74 Å². The summed E-state index contributed by atoms with van der Waals surface area (Å²) in [7, 11) is 3.59. The molecule has 2 rings (SSSR count). The second kappa shape index (κ2) is 10.7. The average molecular weight is 368 g/mol. The third-order valence-electron chi connectivity index (χ3n) is 4.67. The summed E-state index contributed by atoms with van der Waals surface area (Å²) in [6, 6.07) is 0. The monoisotopic (exact) mass is 367 g/mol. The summed E-state index contributed by atoms with van der Waals surface area (Å²) in [5, 5.41) is 10.1. The molecule has 142 valence electrons. The largest absolute Gasteiger partial charge is 0.383 e. The lowest BCUT2D eigenvalue weighted by Crippen LogP contribution is -2.43. The molecule has 2 N–H and O–H groups in total. The fourth-order valence-corrected chi connectivity index (χ4v) is 3.82. The van der Waals surface area contributed by atoms with Gasteiger partial charge in [-0.1, -0.05) is 13.8 Å². The van der Waals surface area contributed by atoms with E-state index in [2.05, 4.69) is 44.7 Å². The minimum atomic E-state index is 0.484. The van der Waals surface area contributed by atoms with Gasteiger partial charge in [0.05, 0.1) is 18.8 Å². The molecule has 7 heteroatoms. The van der Waals surface area contributed by atoms with Crippen molar-refractivity contribution in [3.63, 3.8) is 0 Å². The molecule has 1 aromatic heterocycles. The number of piperidine rings is 1. The molecule has 25 heavy (non-hydrogen) atoms. The van der Waals surface area contributed by atoms with Crippen LogP contribution in [0.15, 0.2) is 10.4 Å². The molecule has 0 unspecified atom stereocenters. The smallest absolute Gasteiger partial charge is 0.191 e. The SMILES string of the molecule is CN=C(NCc1nc(C(C)C)cs1)NCC1CCN(CCOC)CC1. The minimum absolute atomic E-state index is 0.484. The molecular weight excluding hydrogens is 334 g/mol. The van der Waals surface area contributed by atoms with Crippen molar-refractivity contribution in [3.05, 3.63) is 16.1 Å². The van der Waals surface area contributed by atoms with E-state index in [1.807, 2.05) is 7.05 Å². The van der Waals surface area contributed by atoms with E-state index in [4.69, 9.17) is 4.74 Å². The Morgan fingerprint density at radius 1 is 1.40 bits per heavy atom. The van der Waals surface area contributed by atoms with Crippen molar-refractivity contribution >= 4 is 17.3 Å². The van der Waals surface area contributed by atoms with E-state index < -0.39 is 0 Å². The third kappa shape index (κ3) is 6.92. The van der Waals surface area contributed by atoms with Gasteiger partial charge in [0.2, 0.25) is 0 Å². The molecule has 6 nitrogen and oxygen atoms in total. The van der Waals surface area contributed by atoms with Crippen LogP contribution in [0.2, 0.25) is 0 Å². The molecule has 0 aliphatic carbocycles. The minimum Gasteiger partial charge on any atom is -0.383 e. The van der Waals surface area contributed by atoms with E-state index in [-0.39, 0.29) is 0 Å². The van der Waals surface area contributed by atoms with Crippen molar-refractivity contribution in [3.8, 4) is 0 Å². The Labute approximate surface area is 156 Å². The average Bonchev–Trinajstić information content (AvgIpc) is 3.10. The first-order valence-corrected chi connectivity index (χ1v) is 10.1. The molecule has 1 aliphatic heterocycles. The first-order chi connectivity index (χ1) is 12.1. The predicted octanol–water partition coefficient (Wildman–Crippen LogP) is 2.29. The van der Waals surface area contributed by atoms with Crippen LogP contribution in [0.25, 0.3) is 0 Å². The quantitative estimate of drug-likeness (QED) is 0.545. The summed E-state index contributed by atoms with van der Waals surface area (Å²) in [4.78, 5) is 11.5. The molecule has 0 spiro atoms. The number of likely N-dealkylation sites (tertiary alicyclic amines) is 1.